The second kappa shape index (κ2) is 4.37. The summed E-state index contributed by atoms with van der Waals surface area (Å²) in [6.07, 6.45) is -0.247. The van der Waals surface area contributed by atoms with Crippen LogP contribution in [0.3, 0.4) is 0 Å². The zero-order valence-corrected chi connectivity index (χ0v) is 7.76. The van der Waals surface area contributed by atoms with E-state index in [2.05, 4.69) is 6.92 Å². The van der Waals surface area contributed by atoms with Gasteiger partial charge in [-0.3, -0.25) is 4.79 Å². The molecule has 2 heteroatoms. The van der Waals surface area contributed by atoms with Crippen LogP contribution in [-0.4, -0.2) is 12.1 Å². The van der Waals surface area contributed by atoms with Crippen molar-refractivity contribution in [2.75, 3.05) is 0 Å². The second-order valence-corrected chi connectivity index (χ2v) is 3.28. The first-order valence-corrected chi connectivity index (χ1v) is 3.98. The van der Waals surface area contributed by atoms with Crippen molar-refractivity contribution in [1.29, 1.82) is 0 Å². The number of hydrogen-bond donors (Lipinski definition) is 0. The lowest BCUT2D eigenvalue weighted by Gasteiger charge is -2.16. The summed E-state index contributed by atoms with van der Waals surface area (Å²) in [5.41, 5.74) is 0. The van der Waals surface area contributed by atoms with Crippen LogP contribution in [0.25, 0.3) is 0 Å². The van der Waals surface area contributed by atoms with Crippen molar-refractivity contribution >= 4 is 5.97 Å². The van der Waals surface area contributed by atoms with Crippen LogP contribution >= 0.6 is 0 Å². The van der Waals surface area contributed by atoms with Crippen molar-refractivity contribution < 1.29 is 9.53 Å². The molecule has 0 N–H and O–H groups in total. The van der Waals surface area contributed by atoms with Gasteiger partial charge in [-0.2, -0.15) is 0 Å². The summed E-state index contributed by atoms with van der Waals surface area (Å²) in [6.45, 7) is 11.2. The maximum absolute atomic E-state index is 11.1. The van der Waals surface area contributed by atoms with E-state index in [1.54, 1.807) is 6.92 Å². The van der Waals surface area contributed by atoms with Gasteiger partial charge in [0.25, 0.3) is 0 Å². The van der Waals surface area contributed by atoms with Gasteiger partial charge in [-0.25, -0.2) is 0 Å². The molecule has 0 saturated heterocycles. The van der Waals surface area contributed by atoms with Crippen LogP contribution in [0.15, 0.2) is 0 Å². The van der Waals surface area contributed by atoms with Gasteiger partial charge in [0.2, 0.25) is 0 Å². The summed E-state index contributed by atoms with van der Waals surface area (Å²) in [4.78, 5) is 11.1. The van der Waals surface area contributed by atoms with Crippen LogP contribution in [0.5, 0.6) is 0 Å². The highest BCUT2D eigenvalue weighted by Crippen LogP contribution is 2.11. The third kappa shape index (κ3) is 4.02. The van der Waals surface area contributed by atoms with Crippen molar-refractivity contribution in [2.24, 2.45) is 11.8 Å². The summed E-state index contributed by atoms with van der Waals surface area (Å²) in [5.74, 6) is 0.156. The molecule has 0 heterocycles. The van der Waals surface area contributed by atoms with E-state index in [9.17, 15) is 4.79 Å². The SMILES string of the molecule is [CH2][C@@H](C)OC(=O)C(C)C(C)C. The van der Waals surface area contributed by atoms with Crippen LogP contribution < -0.4 is 0 Å². The van der Waals surface area contributed by atoms with Crippen molar-refractivity contribution in [3.63, 3.8) is 0 Å². The minimum absolute atomic E-state index is 0.0285. The first-order chi connectivity index (χ1) is 4.95. The number of carbonyl (C=O) groups is 1. The highest BCUT2D eigenvalue weighted by Gasteiger charge is 2.18. The summed E-state index contributed by atoms with van der Waals surface area (Å²) in [6, 6.07) is 0. The summed E-state index contributed by atoms with van der Waals surface area (Å²) in [7, 11) is 0. The molecule has 0 aliphatic rings. The van der Waals surface area contributed by atoms with Crippen LogP contribution in [0, 0.1) is 18.8 Å². The van der Waals surface area contributed by atoms with Gasteiger partial charge in [-0.15, -0.1) is 0 Å². The Morgan fingerprint density at radius 3 is 2.00 bits per heavy atom. The third-order valence-corrected chi connectivity index (χ3v) is 1.69. The van der Waals surface area contributed by atoms with E-state index in [-0.39, 0.29) is 18.0 Å². The molecule has 65 valence electrons. The van der Waals surface area contributed by atoms with Gasteiger partial charge >= 0.3 is 5.97 Å². The highest BCUT2D eigenvalue weighted by atomic mass is 16.5. The fourth-order valence-electron chi connectivity index (χ4n) is 0.578. The lowest BCUT2D eigenvalue weighted by Crippen LogP contribution is -2.22. The third-order valence-electron chi connectivity index (χ3n) is 1.69. The predicted octanol–water partition coefficient (Wildman–Crippen LogP) is 2.04. The molecule has 0 aliphatic heterocycles. The second-order valence-electron chi connectivity index (χ2n) is 3.28. The van der Waals surface area contributed by atoms with Crippen LogP contribution in [0.2, 0.25) is 0 Å². The molecule has 0 bridgehead atoms. The quantitative estimate of drug-likeness (QED) is 0.586. The standard InChI is InChI=1S/C9H17O2/c1-6(2)8(5)9(10)11-7(3)4/h6-8H,3H2,1-2,4-5H3/t7-,8?/m0/s1. The number of hydrogen-bond acceptors (Lipinski definition) is 2. The molecule has 1 radical (unpaired) electrons. The molecule has 0 aromatic heterocycles. The Hall–Kier alpha value is -0.530. The number of esters is 1. The lowest BCUT2D eigenvalue weighted by molar-refractivity contribution is -0.152. The van der Waals surface area contributed by atoms with Gasteiger partial charge in [-0.05, 0) is 19.8 Å². The Labute approximate surface area is 68.9 Å². The molecule has 2 nitrogen and oxygen atoms in total. The van der Waals surface area contributed by atoms with E-state index in [0.717, 1.165) is 0 Å². The molecule has 0 aromatic rings. The van der Waals surface area contributed by atoms with Crippen molar-refractivity contribution in [1.82, 2.24) is 0 Å². The van der Waals surface area contributed by atoms with Crippen molar-refractivity contribution in [3.8, 4) is 0 Å². The predicted molar refractivity (Wildman–Crippen MR) is 44.9 cm³/mol. The minimum atomic E-state index is -0.247. The average Bonchev–Trinajstić information content (AvgIpc) is 1.84. The van der Waals surface area contributed by atoms with Gasteiger partial charge in [0, 0.05) is 0 Å². The molecule has 0 aliphatic carbocycles. The molecular formula is C9H17O2. The van der Waals surface area contributed by atoms with Gasteiger partial charge in [0.05, 0.1) is 12.0 Å². The van der Waals surface area contributed by atoms with Crippen molar-refractivity contribution in [3.05, 3.63) is 6.92 Å². The molecule has 0 aromatic carbocycles. The average molecular weight is 157 g/mol. The summed E-state index contributed by atoms with van der Waals surface area (Å²) >= 11 is 0. The fraction of sp³-hybridized carbons (Fsp3) is 0.778. The zero-order valence-electron chi connectivity index (χ0n) is 7.76. The van der Waals surface area contributed by atoms with Gasteiger partial charge in [-0.1, -0.05) is 20.8 Å². The first-order valence-electron chi connectivity index (χ1n) is 3.98. The molecule has 2 atom stereocenters. The molecule has 0 rings (SSSR count). The fourth-order valence-corrected chi connectivity index (χ4v) is 0.578. The largest absolute Gasteiger partial charge is 0.462 e. The van der Waals surface area contributed by atoms with E-state index >= 15 is 0 Å². The lowest BCUT2D eigenvalue weighted by atomic mass is 9.98. The van der Waals surface area contributed by atoms with Crippen molar-refractivity contribution in [2.45, 2.75) is 33.8 Å². The molecule has 1 unspecified atom stereocenters. The van der Waals surface area contributed by atoms with E-state index in [4.69, 9.17) is 4.74 Å². The Kier molecular flexibility index (Phi) is 4.16. The van der Waals surface area contributed by atoms with Crippen LogP contribution in [0.1, 0.15) is 27.7 Å². The normalized spacial score (nSPS) is 13.7. The Morgan fingerprint density at radius 2 is 1.73 bits per heavy atom. The van der Waals surface area contributed by atoms with Gasteiger partial charge in [0.15, 0.2) is 0 Å². The topological polar surface area (TPSA) is 26.3 Å². The maximum Gasteiger partial charge on any atom is 0.309 e. The molecule has 11 heavy (non-hydrogen) atoms. The molecular weight excluding hydrogens is 140 g/mol. The Bertz CT molecular complexity index is 128. The Balaban J connectivity index is 3.83. The van der Waals surface area contributed by atoms with Gasteiger partial charge < -0.3 is 4.74 Å². The monoisotopic (exact) mass is 157 g/mol. The number of rotatable bonds is 3. The number of ether oxygens (including phenoxy) is 1. The molecule has 0 amide bonds. The molecule has 0 spiro atoms. The van der Waals surface area contributed by atoms with E-state index in [1.165, 1.54) is 0 Å². The Morgan fingerprint density at radius 1 is 1.27 bits per heavy atom. The van der Waals surface area contributed by atoms with Gasteiger partial charge in [0.1, 0.15) is 0 Å². The van der Waals surface area contributed by atoms with Crippen LogP contribution in [0.4, 0.5) is 0 Å². The zero-order chi connectivity index (χ0) is 9.02. The molecule has 0 fully saturated rings. The first kappa shape index (κ1) is 10.5. The van der Waals surface area contributed by atoms with E-state index < -0.39 is 0 Å². The highest BCUT2D eigenvalue weighted by molar-refractivity contribution is 5.72. The van der Waals surface area contributed by atoms with E-state index in [1.807, 2.05) is 20.8 Å². The smallest absolute Gasteiger partial charge is 0.309 e. The van der Waals surface area contributed by atoms with E-state index in [0.29, 0.717) is 5.92 Å². The maximum atomic E-state index is 11.1. The van der Waals surface area contributed by atoms with Crippen LogP contribution in [-0.2, 0) is 9.53 Å². The summed E-state index contributed by atoms with van der Waals surface area (Å²) in [5, 5.41) is 0. The minimum Gasteiger partial charge on any atom is -0.462 e. The summed E-state index contributed by atoms with van der Waals surface area (Å²) < 4.78 is 4.92. The number of carbonyl (C=O) groups excluding carboxylic acids is 1. The molecule has 0 saturated carbocycles.